The summed E-state index contributed by atoms with van der Waals surface area (Å²) in [6.07, 6.45) is 5.68. The number of ether oxygens (including phenoxy) is 3. The molecule has 2 bridgehead atoms. The second-order valence-corrected chi connectivity index (χ2v) is 13.2. The van der Waals surface area contributed by atoms with Crippen LogP contribution in [0.5, 0.6) is 0 Å². The van der Waals surface area contributed by atoms with Gasteiger partial charge in [0, 0.05) is 31.4 Å². The smallest absolute Gasteiger partial charge is 0.410 e. The molecule has 0 radical (unpaired) electrons. The van der Waals surface area contributed by atoms with Gasteiger partial charge in [0.2, 0.25) is 0 Å². The van der Waals surface area contributed by atoms with Gasteiger partial charge >= 0.3 is 12.1 Å². The first-order valence-electron chi connectivity index (χ1n) is 15.0. The lowest BCUT2D eigenvalue weighted by molar-refractivity contribution is -0.0335. The van der Waals surface area contributed by atoms with Crippen molar-refractivity contribution in [3.8, 4) is 11.3 Å². The fourth-order valence-electron chi connectivity index (χ4n) is 6.81. The van der Waals surface area contributed by atoms with E-state index < -0.39 is 5.60 Å². The number of rotatable bonds is 2. The highest BCUT2D eigenvalue weighted by Crippen LogP contribution is 2.38. The molecule has 2 aromatic heterocycles. The Morgan fingerprint density at radius 3 is 2.65 bits per heavy atom. The van der Waals surface area contributed by atoms with Crippen molar-refractivity contribution in [2.75, 3.05) is 39.5 Å². The molecule has 3 fully saturated rings. The Hall–Kier alpha value is -3.41. The van der Waals surface area contributed by atoms with Gasteiger partial charge in [-0.1, -0.05) is 11.6 Å². The van der Waals surface area contributed by atoms with Crippen LogP contribution >= 0.6 is 11.6 Å². The molecule has 1 N–H and O–H groups in total. The van der Waals surface area contributed by atoms with Crippen LogP contribution in [-0.2, 0) is 27.2 Å². The summed E-state index contributed by atoms with van der Waals surface area (Å²) in [7, 11) is 0. The van der Waals surface area contributed by atoms with Gasteiger partial charge in [-0.25, -0.2) is 19.6 Å². The molecule has 0 aliphatic carbocycles. The molecule has 3 amide bonds. The number of H-pyrrole nitrogens is 1. The minimum atomic E-state index is -0.636. The molecular weight excluding hydrogens is 572 g/mol. The van der Waals surface area contributed by atoms with Crippen LogP contribution in [0.25, 0.3) is 22.4 Å². The van der Waals surface area contributed by atoms with Crippen LogP contribution in [-0.4, -0.2) is 99.0 Å². The standard InChI is InChI=1S/C31H37ClN6O5/c1-31(2,3)43-30(40)37-8-9-41-17-26(37)22-11-19(25-13-34-28-27(35-25)24(32)12-33-28)10-18-6-7-36(14-23(18)22)29(39)38-20-4-5-21(38)16-42-15-20/h10-13,20-21,26H,4-9,14-17H2,1-3H3,(H,33,34)/t20?,21?,26-/m0/s1. The molecule has 12 heteroatoms. The second-order valence-electron chi connectivity index (χ2n) is 12.8. The maximum absolute atomic E-state index is 13.9. The third-order valence-corrected chi connectivity index (χ3v) is 9.14. The Labute approximate surface area is 255 Å². The summed E-state index contributed by atoms with van der Waals surface area (Å²) in [4.78, 5) is 45.5. The summed E-state index contributed by atoms with van der Waals surface area (Å²) in [5.41, 5.74) is 5.25. The molecule has 0 saturated carbocycles. The minimum absolute atomic E-state index is 0.0683. The summed E-state index contributed by atoms with van der Waals surface area (Å²) >= 11 is 6.38. The number of halogens is 1. The lowest BCUT2D eigenvalue weighted by atomic mass is 9.87. The number of morpholine rings is 2. The fraction of sp³-hybridized carbons (Fsp3) is 0.548. The van der Waals surface area contributed by atoms with Gasteiger partial charge in [-0.2, -0.15) is 0 Å². The summed E-state index contributed by atoms with van der Waals surface area (Å²) in [6.45, 7) is 9.02. The zero-order chi connectivity index (χ0) is 29.9. The number of carbonyl (C=O) groups excluding carboxylic acids is 2. The van der Waals surface area contributed by atoms with Crippen molar-refractivity contribution in [1.82, 2.24) is 29.7 Å². The number of aromatic amines is 1. The van der Waals surface area contributed by atoms with E-state index in [1.807, 2.05) is 30.6 Å². The quantitative estimate of drug-likeness (QED) is 0.439. The number of carbonyl (C=O) groups is 2. The first kappa shape index (κ1) is 28.4. The SMILES string of the molecule is CC(C)(C)OC(=O)N1CCOC[C@H]1c1cc(-c2cnc3[nH]cc(Cl)c3n2)cc2c1CN(C(=O)N1C3CCC1COC3)CC2. The number of aromatic nitrogens is 3. The molecule has 4 aliphatic rings. The number of fused-ring (bicyclic) bond motifs is 4. The average molecular weight is 609 g/mol. The highest BCUT2D eigenvalue weighted by molar-refractivity contribution is 6.34. The van der Waals surface area contributed by atoms with Gasteiger partial charge in [0.15, 0.2) is 5.65 Å². The minimum Gasteiger partial charge on any atom is -0.444 e. The molecule has 3 aromatic rings. The van der Waals surface area contributed by atoms with Crippen LogP contribution in [0.1, 0.15) is 56.3 Å². The molecule has 1 aromatic carbocycles. The second kappa shape index (κ2) is 10.9. The van der Waals surface area contributed by atoms with Crippen molar-refractivity contribution in [3.05, 3.63) is 46.2 Å². The maximum Gasteiger partial charge on any atom is 0.410 e. The average Bonchev–Trinajstić information content (AvgIpc) is 3.49. The van der Waals surface area contributed by atoms with Gasteiger partial charge in [0.05, 0.1) is 61.5 Å². The number of nitrogens with one attached hydrogen (secondary N) is 1. The van der Waals surface area contributed by atoms with Crippen LogP contribution in [0.2, 0.25) is 5.02 Å². The predicted octanol–water partition coefficient (Wildman–Crippen LogP) is 4.93. The van der Waals surface area contributed by atoms with Crippen molar-refractivity contribution < 1.29 is 23.8 Å². The number of nitrogens with zero attached hydrogens (tertiary/aromatic N) is 5. The highest BCUT2D eigenvalue weighted by atomic mass is 35.5. The topological polar surface area (TPSA) is 113 Å². The van der Waals surface area contributed by atoms with Crippen molar-refractivity contribution in [3.63, 3.8) is 0 Å². The lowest BCUT2D eigenvalue weighted by Crippen LogP contribution is -2.55. The molecule has 6 heterocycles. The van der Waals surface area contributed by atoms with Gasteiger partial charge in [-0.05, 0) is 68.9 Å². The number of hydrogen-bond donors (Lipinski definition) is 1. The monoisotopic (exact) mass is 608 g/mol. The Bertz CT molecular complexity index is 1550. The fourth-order valence-corrected chi connectivity index (χ4v) is 7.00. The van der Waals surface area contributed by atoms with E-state index in [4.69, 9.17) is 30.8 Å². The predicted molar refractivity (Wildman–Crippen MR) is 160 cm³/mol. The van der Waals surface area contributed by atoms with Crippen LogP contribution in [0.15, 0.2) is 24.5 Å². The lowest BCUT2D eigenvalue weighted by Gasteiger charge is -2.42. The first-order valence-corrected chi connectivity index (χ1v) is 15.4. The number of urea groups is 1. The third-order valence-electron chi connectivity index (χ3n) is 8.85. The molecule has 43 heavy (non-hydrogen) atoms. The highest BCUT2D eigenvalue weighted by Gasteiger charge is 2.43. The van der Waals surface area contributed by atoms with E-state index in [2.05, 4.69) is 22.1 Å². The zero-order valence-electron chi connectivity index (χ0n) is 24.8. The van der Waals surface area contributed by atoms with E-state index in [-0.39, 0.29) is 30.2 Å². The molecule has 7 rings (SSSR count). The normalized spacial score (nSPS) is 23.9. The van der Waals surface area contributed by atoms with Crippen molar-refractivity contribution in [1.29, 1.82) is 0 Å². The summed E-state index contributed by atoms with van der Waals surface area (Å²) in [5.74, 6) is 0. The molecule has 3 saturated heterocycles. The summed E-state index contributed by atoms with van der Waals surface area (Å²) in [6, 6.07) is 4.16. The van der Waals surface area contributed by atoms with Crippen LogP contribution in [0, 0.1) is 0 Å². The van der Waals surface area contributed by atoms with Crippen LogP contribution in [0.4, 0.5) is 9.59 Å². The molecule has 0 spiro atoms. The molecule has 2 unspecified atom stereocenters. The van der Waals surface area contributed by atoms with Crippen LogP contribution < -0.4 is 0 Å². The van der Waals surface area contributed by atoms with E-state index >= 15 is 0 Å². The maximum atomic E-state index is 13.9. The van der Waals surface area contributed by atoms with E-state index in [1.54, 1.807) is 17.3 Å². The molecule has 11 nitrogen and oxygen atoms in total. The Kier molecular flexibility index (Phi) is 7.22. The number of hydrogen-bond acceptors (Lipinski definition) is 7. The van der Waals surface area contributed by atoms with E-state index in [9.17, 15) is 9.59 Å². The summed E-state index contributed by atoms with van der Waals surface area (Å²) in [5, 5.41) is 0.505. The van der Waals surface area contributed by atoms with Gasteiger partial charge in [0.25, 0.3) is 0 Å². The summed E-state index contributed by atoms with van der Waals surface area (Å²) < 4.78 is 17.5. The Morgan fingerprint density at radius 2 is 1.88 bits per heavy atom. The molecule has 4 aliphatic heterocycles. The van der Waals surface area contributed by atoms with Crippen LogP contribution in [0.3, 0.4) is 0 Å². The third kappa shape index (κ3) is 5.32. The van der Waals surface area contributed by atoms with Gasteiger partial charge in [-0.15, -0.1) is 0 Å². The molecule has 228 valence electrons. The van der Waals surface area contributed by atoms with E-state index in [0.717, 1.165) is 35.1 Å². The van der Waals surface area contributed by atoms with Gasteiger partial charge in [0.1, 0.15) is 11.1 Å². The number of amides is 3. The largest absolute Gasteiger partial charge is 0.444 e. The Morgan fingerprint density at radius 1 is 1.09 bits per heavy atom. The van der Waals surface area contributed by atoms with Gasteiger partial charge in [-0.3, -0.25) is 4.90 Å². The Balaban J connectivity index is 1.29. The van der Waals surface area contributed by atoms with E-state index in [0.29, 0.717) is 74.4 Å². The van der Waals surface area contributed by atoms with Crippen molar-refractivity contribution in [2.24, 2.45) is 0 Å². The van der Waals surface area contributed by atoms with Crippen molar-refractivity contribution >= 4 is 34.9 Å². The van der Waals surface area contributed by atoms with Gasteiger partial charge < -0.3 is 29.0 Å². The molecular formula is C31H37ClN6O5. The molecule has 3 atom stereocenters. The number of benzene rings is 1. The first-order chi connectivity index (χ1) is 20.7. The zero-order valence-corrected chi connectivity index (χ0v) is 25.5. The van der Waals surface area contributed by atoms with E-state index in [1.165, 1.54) is 0 Å². The van der Waals surface area contributed by atoms with Crippen molar-refractivity contribution in [2.45, 2.75) is 70.3 Å².